The van der Waals surface area contributed by atoms with E-state index in [0.717, 1.165) is 16.7 Å². The van der Waals surface area contributed by atoms with E-state index in [0.29, 0.717) is 23.5 Å². The zero-order valence-corrected chi connectivity index (χ0v) is 22.4. The highest BCUT2D eigenvalue weighted by Crippen LogP contribution is 2.23. The number of carboxylic acids is 1. The van der Waals surface area contributed by atoms with E-state index in [1.165, 1.54) is 12.1 Å². The van der Waals surface area contributed by atoms with E-state index in [4.69, 9.17) is 4.74 Å². The Kier molecular flexibility index (Phi) is 8.59. The number of sulfonamides is 1. The molecule has 7 nitrogen and oxygen atoms in total. The Bertz CT molecular complexity index is 1550. The highest BCUT2D eigenvalue weighted by atomic mass is 32.2. The second kappa shape index (κ2) is 12.1. The zero-order chi connectivity index (χ0) is 28.0. The topological polar surface area (TPSA) is 110 Å². The van der Waals surface area contributed by atoms with Crippen LogP contribution in [0.15, 0.2) is 108 Å². The number of carboxylic acid groups (broad SMARTS) is 1. The molecule has 0 aliphatic rings. The molecule has 0 radical (unpaired) electrons. The van der Waals surface area contributed by atoms with Gasteiger partial charge in [0, 0.05) is 11.1 Å². The van der Waals surface area contributed by atoms with Gasteiger partial charge in [0.2, 0.25) is 10.0 Å². The van der Waals surface area contributed by atoms with Crippen LogP contribution in [-0.2, 0) is 21.4 Å². The van der Waals surface area contributed by atoms with Gasteiger partial charge in [-0.3, -0.25) is 9.59 Å². The van der Waals surface area contributed by atoms with Crippen molar-refractivity contribution < 1.29 is 27.9 Å². The van der Waals surface area contributed by atoms with Gasteiger partial charge in [-0.1, -0.05) is 92.7 Å². The van der Waals surface area contributed by atoms with Crippen molar-refractivity contribution in [1.29, 1.82) is 0 Å². The molecule has 4 rings (SSSR count). The molecule has 0 aliphatic carbocycles. The molecule has 0 saturated heterocycles. The van der Waals surface area contributed by atoms with Crippen molar-refractivity contribution in [3.05, 3.63) is 120 Å². The van der Waals surface area contributed by atoms with Crippen LogP contribution in [0.5, 0.6) is 5.75 Å². The van der Waals surface area contributed by atoms with Crippen LogP contribution in [-0.4, -0.2) is 31.3 Å². The molecule has 0 aliphatic heterocycles. The van der Waals surface area contributed by atoms with Crippen LogP contribution in [0.25, 0.3) is 11.1 Å². The third kappa shape index (κ3) is 6.98. The molecular formula is C31H29NO6S. The quantitative estimate of drug-likeness (QED) is 0.240. The summed E-state index contributed by atoms with van der Waals surface area (Å²) in [5, 5.41) is 9.30. The summed E-state index contributed by atoms with van der Waals surface area (Å²) in [5.41, 5.74) is 3.80. The van der Waals surface area contributed by atoms with Gasteiger partial charge < -0.3 is 9.84 Å². The Labute approximate surface area is 228 Å². The van der Waals surface area contributed by atoms with E-state index < -0.39 is 28.0 Å². The number of carbonyl (C=O) groups is 2. The van der Waals surface area contributed by atoms with Gasteiger partial charge in [0.1, 0.15) is 18.4 Å². The SMILES string of the molecule is CC(C)[C@@H](NS(=O)(=O)c1ccc(-c2ccc(COc3cccc(C(=O)c4ccccc4)c3)cc2)cc1)C(=O)O. The third-order valence-electron chi connectivity index (χ3n) is 6.20. The molecule has 0 heterocycles. The number of rotatable bonds is 11. The van der Waals surface area contributed by atoms with Crippen molar-refractivity contribution in [2.45, 2.75) is 31.4 Å². The zero-order valence-electron chi connectivity index (χ0n) is 21.6. The molecular weight excluding hydrogens is 514 g/mol. The van der Waals surface area contributed by atoms with Crippen LogP contribution in [0.1, 0.15) is 35.3 Å². The van der Waals surface area contributed by atoms with Crippen LogP contribution < -0.4 is 9.46 Å². The number of ketones is 1. The Hall–Kier alpha value is -4.27. The molecule has 0 unspecified atom stereocenters. The molecule has 2 N–H and O–H groups in total. The molecule has 0 bridgehead atoms. The lowest BCUT2D eigenvalue weighted by molar-refractivity contribution is -0.140. The van der Waals surface area contributed by atoms with Crippen molar-refractivity contribution in [3.63, 3.8) is 0 Å². The van der Waals surface area contributed by atoms with Crippen molar-refractivity contribution in [1.82, 2.24) is 4.72 Å². The predicted molar refractivity (Wildman–Crippen MR) is 149 cm³/mol. The van der Waals surface area contributed by atoms with Crippen molar-refractivity contribution in [2.75, 3.05) is 0 Å². The first-order chi connectivity index (χ1) is 18.6. The van der Waals surface area contributed by atoms with E-state index in [-0.39, 0.29) is 10.7 Å². The maximum atomic E-state index is 12.7. The van der Waals surface area contributed by atoms with Gasteiger partial charge >= 0.3 is 5.97 Å². The fourth-order valence-electron chi connectivity index (χ4n) is 3.98. The summed E-state index contributed by atoms with van der Waals surface area (Å²) in [6, 6.07) is 28.9. The molecule has 0 saturated carbocycles. The number of nitrogens with one attached hydrogen (secondary N) is 1. The van der Waals surface area contributed by atoms with Crippen LogP contribution in [0.4, 0.5) is 0 Å². The maximum absolute atomic E-state index is 12.7. The van der Waals surface area contributed by atoms with Crippen molar-refractivity contribution in [2.24, 2.45) is 5.92 Å². The lowest BCUT2D eigenvalue weighted by Gasteiger charge is -2.18. The monoisotopic (exact) mass is 543 g/mol. The van der Waals surface area contributed by atoms with Gasteiger partial charge in [-0.15, -0.1) is 0 Å². The standard InChI is InChI=1S/C31H29NO6S/c1-21(2)29(31(34)35)32-39(36,37)28-17-15-24(16-18-28)23-13-11-22(12-14-23)20-38-27-10-6-9-26(19-27)30(33)25-7-4-3-5-8-25/h3-19,21,29,32H,20H2,1-2H3,(H,34,35)/t29-/m1/s1. The molecule has 0 amide bonds. The van der Waals surface area contributed by atoms with Gasteiger partial charge in [-0.2, -0.15) is 4.72 Å². The Morgan fingerprint density at radius 3 is 1.97 bits per heavy atom. The largest absolute Gasteiger partial charge is 0.489 e. The van der Waals surface area contributed by atoms with E-state index in [1.807, 2.05) is 42.5 Å². The van der Waals surface area contributed by atoms with Crippen molar-refractivity contribution >= 4 is 21.8 Å². The Balaban J connectivity index is 1.40. The maximum Gasteiger partial charge on any atom is 0.322 e. The van der Waals surface area contributed by atoms with Gasteiger partial charge in [0.25, 0.3) is 0 Å². The third-order valence-corrected chi connectivity index (χ3v) is 7.66. The molecule has 1 atom stereocenters. The smallest absolute Gasteiger partial charge is 0.322 e. The second-order valence-electron chi connectivity index (χ2n) is 9.41. The van der Waals surface area contributed by atoms with Crippen LogP contribution in [0.2, 0.25) is 0 Å². The molecule has 0 fully saturated rings. The number of aliphatic carboxylic acids is 1. The summed E-state index contributed by atoms with van der Waals surface area (Å²) in [6.45, 7) is 3.60. The fraction of sp³-hybridized carbons (Fsp3) is 0.161. The lowest BCUT2D eigenvalue weighted by Crippen LogP contribution is -2.44. The van der Waals surface area contributed by atoms with Gasteiger partial charge in [-0.05, 0) is 46.9 Å². The number of hydrogen-bond donors (Lipinski definition) is 2. The van der Waals surface area contributed by atoms with E-state index >= 15 is 0 Å². The lowest BCUT2D eigenvalue weighted by atomic mass is 10.0. The Morgan fingerprint density at radius 1 is 0.795 bits per heavy atom. The molecule has 0 spiro atoms. The summed E-state index contributed by atoms with van der Waals surface area (Å²) in [4.78, 5) is 24.1. The first-order valence-corrected chi connectivity index (χ1v) is 13.9. The molecule has 8 heteroatoms. The average molecular weight is 544 g/mol. The number of carbonyl (C=O) groups excluding carboxylic acids is 1. The minimum atomic E-state index is -3.98. The minimum Gasteiger partial charge on any atom is -0.489 e. The highest BCUT2D eigenvalue weighted by molar-refractivity contribution is 7.89. The fourth-order valence-corrected chi connectivity index (χ4v) is 5.31. The van der Waals surface area contributed by atoms with Crippen LogP contribution >= 0.6 is 0 Å². The molecule has 200 valence electrons. The molecule has 0 aromatic heterocycles. The summed E-state index contributed by atoms with van der Waals surface area (Å²) in [7, 11) is -3.98. The number of ether oxygens (including phenoxy) is 1. The van der Waals surface area contributed by atoms with E-state index in [9.17, 15) is 23.1 Å². The number of hydrogen-bond acceptors (Lipinski definition) is 5. The molecule has 4 aromatic carbocycles. The summed E-state index contributed by atoms with van der Waals surface area (Å²) < 4.78 is 33.5. The average Bonchev–Trinajstić information content (AvgIpc) is 2.95. The van der Waals surface area contributed by atoms with Gasteiger partial charge in [0.15, 0.2) is 5.78 Å². The number of benzene rings is 4. The summed E-state index contributed by atoms with van der Waals surface area (Å²) in [6.07, 6.45) is 0. The van der Waals surface area contributed by atoms with E-state index in [1.54, 1.807) is 62.4 Å². The molecule has 39 heavy (non-hydrogen) atoms. The first kappa shape index (κ1) is 27.8. The van der Waals surface area contributed by atoms with E-state index in [2.05, 4.69) is 4.72 Å². The van der Waals surface area contributed by atoms with Gasteiger partial charge in [-0.25, -0.2) is 8.42 Å². The van der Waals surface area contributed by atoms with Crippen LogP contribution in [0, 0.1) is 5.92 Å². The Morgan fingerprint density at radius 2 is 1.38 bits per heavy atom. The summed E-state index contributed by atoms with van der Waals surface area (Å²) >= 11 is 0. The van der Waals surface area contributed by atoms with Crippen molar-refractivity contribution in [3.8, 4) is 16.9 Å². The summed E-state index contributed by atoms with van der Waals surface area (Å²) in [5.74, 6) is -1.10. The first-order valence-electron chi connectivity index (χ1n) is 12.4. The van der Waals surface area contributed by atoms with Gasteiger partial charge in [0.05, 0.1) is 4.90 Å². The van der Waals surface area contributed by atoms with Crippen LogP contribution in [0.3, 0.4) is 0 Å². The second-order valence-corrected chi connectivity index (χ2v) is 11.1. The highest BCUT2D eigenvalue weighted by Gasteiger charge is 2.28. The predicted octanol–water partition coefficient (Wildman–Crippen LogP) is 5.55. The minimum absolute atomic E-state index is 0.00357. The molecule has 4 aromatic rings. The normalized spacial score (nSPS) is 12.2.